The van der Waals surface area contributed by atoms with Crippen LogP contribution in [0.3, 0.4) is 0 Å². The van der Waals surface area contributed by atoms with Gasteiger partial charge in [-0.1, -0.05) is 21.8 Å². The molecule has 1 fully saturated rings. The highest BCUT2D eigenvalue weighted by Gasteiger charge is 2.30. The molecule has 10 heteroatoms. The number of hydrogen-bond donors (Lipinski definition) is 2. The minimum Gasteiger partial charge on any atom is -0.492 e. The van der Waals surface area contributed by atoms with E-state index in [1.165, 1.54) is 17.8 Å². The van der Waals surface area contributed by atoms with Crippen LogP contribution >= 0.6 is 7.92 Å². The Morgan fingerprint density at radius 3 is 2.77 bits per heavy atom. The van der Waals surface area contributed by atoms with Gasteiger partial charge in [0.1, 0.15) is 5.82 Å². The molecule has 2 aliphatic rings. The summed E-state index contributed by atoms with van der Waals surface area (Å²) in [4.78, 5) is 33.7. The van der Waals surface area contributed by atoms with E-state index in [0.29, 0.717) is 35.1 Å². The monoisotopic (exact) mass is 492 g/mol. The molecule has 0 saturated heterocycles. The number of Topliss-reactive ketones (excluding diaryl/α,β-unsaturated/α-hetero) is 1. The second-order valence-corrected chi connectivity index (χ2v) is 11.3. The van der Waals surface area contributed by atoms with Crippen LogP contribution in [0.1, 0.15) is 43.5 Å². The highest BCUT2D eigenvalue weighted by molar-refractivity contribution is 7.65. The van der Waals surface area contributed by atoms with Crippen molar-refractivity contribution in [1.29, 1.82) is 0 Å². The number of hydrogen-bond acceptors (Lipinski definition) is 7. The molecule has 35 heavy (non-hydrogen) atoms. The van der Waals surface area contributed by atoms with Crippen LogP contribution in [-0.2, 0) is 11.3 Å². The summed E-state index contributed by atoms with van der Waals surface area (Å²) in [7, 11) is 1.43. The van der Waals surface area contributed by atoms with Crippen molar-refractivity contribution in [2.24, 2.45) is 5.92 Å². The second kappa shape index (κ2) is 9.74. The van der Waals surface area contributed by atoms with Gasteiger partial charge in [-0.15, -0.1) is 0 Å². The first-order valence-corrected chi connectivity index (χ1v) is 13.7. The third-order valence-corrected chi connectivity index (χ3v) is 8.92. The Hall–Kier alpha value is -3.32. The Morgan fingerprint density at radius 2 is 2.06 bits per heavy atom. The van der Waals surface area contributed by atoms with Crippen molar-refractivity contribution in [3.05, 3.63) is 36.2 Å². The zero-order valence-corrected chi connectivity index (χ0v) is 21.1. The average Bonchev–Trinajstić information content (AvgIpc) is 3.53. The van der Waals surface area contributed by atoms with Gasteiger partial charge in [-0.2, -0.15) is 5.10 Å². The maximum atomic E-state index is 12.6. The zero-order valence-electron chi connectivity index (χ0n) is 20.2. The summed E-state index contributed by atoms with van der Waals surface area (Å²) >= 11 is 0. The minimum absolute atomic E-state index is 0.0457. The molecule has 0 aromatic carbocycles. The van der Waals surface area contributed by atoms with E-state index in [9.17, 15) is 9.59 Å². The highest BCUT2D eigenvalue weighted by atomic mass is 31.1. The van der Waals surface area contributed by atoms with Gasteiger partial charge in [0, 0.05) is 42.9 Å². The summed E-state index contributed by atoms with van der Waals surface area (Å²) in [6.07, 6.45) is 7.66. The Bertz CT molecular complexity index is 1290. The minimum atomic E-state index is -0.165. The van der Waals surface area contributed by atoms with Crippen LogP contribution < -0.4 is 20.8 Å². The number of nitrogens with zero attached hydrogens (tertiary/aromatic N) is 4. The quantitative estimate of drug-likeness (QED) is 0.341. The number of aryl methyl sites for hydroxylation is 1. The van der Waals surface area contributed by atoms with Crippen molar-refractivity contribution in [2.75, 3.05) is 30.1 Å². The van der Waals surface area contributed by atoms with Crippen molar-refractivity contribution < 1.29 is 14.3 Å². The number of aromatic nitrogens is 4. The number of methoxy groups -OCH3 is 1. The third-order valence-electron chi connectivity index (χ3n) is 6.41. The predicted octanol–water partition coefficient (Wildman–Crippen LogP) is 4.17. The number of amides is 1. The molecular formula is C25H29N6O3P. The Labute approximate surface area is 205 Å². The predicted molar refractivity (Wildman–Crippen MR) is 137 cm³/mol. The molecule has 3 aromatic rings. The van der Waals surface area contributed by atoms with Crippen LogP contribution in [-0.4, -0.2) is 50.9 Å². The summed E-state index contributed by atoms with van der Waals surface area (Å²) < 4.78 is 7.88. The molecule has 1 amide bonds. The fourth-order valence-electron chi connectivity index (χ4n) is 4.29. The Morgan fingerprint density at radius 1 is 1.23 bits per heavy atom. The second-order valence-electron chi connectivity index (χ2n) is 8.71. The van der Waals surface area contributed by atoms with Gasteiger partial charge >= 0.3 is 0 Å². The van der Waals surface area contributed by atoms with Crippen LogP contribution in [0.5, 0.6) is 5.75 Å². The standard InChI is InChI=1S/C25H29N6O3P/c1-4-20(32)17-14-27-21(29-25(33)15-6-7-15)12-18(17)28-24-23(34-3)16(8-9-26-24)19-13-22-31(30-19)10-11-35(22)5-2/h8-9,12-15H,4-7,10-11H2,1-3H3,(H2,26,27,28,29,33). The molecule has 0 spiro atoms. The maximum absolute atomic E-state index is 12.6. The average molecular weight is 493 g/mol. The molecular weight excluding hydrogens is 463 g/mol. The molecule has 0 radical (unpaired) electrons. The summed E-state index contributed by atoms with van der Waals surface area (Å²) in [6, 6.07) is 5.73. The van der Waals surface area contributed by atoms with Crippen LogP contribution in [0, 0.1) is 5.92 Å². The number of rotatable bonds is 9. The van der Waals surface area contributed by atoms with Gasteiger partial charge in [0.15, 0.2) is 17.4 Å². The number of ether oxygens (including phenoxy) is 1. The van der Waals surface area contributed by atoms with Crippen molar-refractivity contribution >= 4 is 42.4 Å². The van der Waals surface area contributed by atoms with E-state index in [1.54, 1.807) is 26.3 Å². The van der Waals surface area contributed by atoms with Crippen molar-refractivity contribution in [1.82, 2.24) is 19.7 Å². The first-order chi connectivity index (χ1) is 17.0. The molecule has 9 nitrogen and oxygen atoms in total. The van der Waals surface area contributed by atoms with Crippen molar-refractivity contribution in [2.45, 2.75) is 39.7 Å². The molecule has 1 unspecified atom stereocenters. The summed E-state index contributed by atoms with van der Waals surface area (Å²) in [5, 5.41) is 10.9. The SMILES string of the molecule is CCC(=O)c1cnc(NC(=O)C2CC2)cc1Nc1nccc(-c2cc3n(n2)CCP3CC)c1OC. The topological polar surface area (TPSA) is 111 Å². The lowest BCUT2D eigenvalue weighted by Gasteiger charge is -2.16. The molecule has 0 bridgehead atoms. The summed E-state index contributed by atoms with van der Waals surface area (Å²) in [5.41, 5.74) is 3.94. The van der Waals surface area contributed by atoms with Gasteiger partial charge in [-0.3, -0.25) is 14.3 Å². The van der Waals surface area contributed by atoms with E-state index in [-0.39, 0.29) is 25.5 Å². The van der Waals surface area contributed by atoms with Gasteiger partial charge in [0.05, 0.1) is 29.5 Å². The van der Waals surface area contributed by atoms with Crippen LogP contribution in [0.15, 0.2) is 30.6 Å². The largest absolute Gasteiger partial charge is 0.492 e. The Balaban J connectivity index is 1.50. The summed E-state index contributed by atoms with van der Waals surface area (Å²) in [5.74, 6) is 1.34. The van der Waals surface area contributed by atoms with E-state index in [1.807, 2.05) is 6.07 Å². The molecule has 4 heterocycles. The molecule has 5 rings (SSSR count). The lowest BCUT2D eigenvalue weighted by atomic mass is 10.1. The summed E-state index contributed by atoms with van der Waals surface area (Å²) in [6.45, 7) is 4.98. The number of pyridine rings is 2. The molecule has 3 aromatic heterocycles. The molecule has 1 atom stereocenters. The van der Waals surface area contributed by atoms with E-state index < -0.39 is 0 Å². The molecule has 1 aliphatic carbocycles. The van der Waals surface area contributed by atoms with Gasteiger partial charge in [0.25, 0.3) is 0 Å². The molecule has 182 valence electrons. The van der Waals surface area contributed by atoms with Crippen molar-refractivity contribution in [3.8, 4) is 17.0 Å². The van der Waals surface area contributed by atoms with Crippen LogP contribution in [0.25, 0.3) is 11.3 Å². The first-order valence-electron chi connectivity index (χ1n) is 12.0. The van der Waals surface area contributed by atoms with Crippen molar-refractivity contribution in [3.63, 3.8) is 0 Å². The number of ketones is 1. The zero-order chi connectivity index (χ0) is 24.5. The molecule has 2 N–H and O–H groups in total. The molecule has 1 saturated carbocycles. The van der Waals surface area contributed by atoms with Gasteiger partial charge in [-0.05, 0) is 37.3 Å². The Kier molecular flexibility index (Phi) is 6.52. The lowest BCUT2D eigenvalue weighted by Crippen LogP contribution is -2.15. The van der Waals surface area contributed by atoms with E-state index in [2.05, 4.69) is 38.3 Å². The number of nitrogens with one attached hydrogen (secondary N) is 2. The lowest BCUT2D eigenvalue weighted by molar-refractivity contribution is -0.117. The number of carbonyl (C=O) groups excluding carboxylic acids is 2. The fraction of sp³-hybridized carbons (Fsp3) is 0.400. The van der Waals surface area contributed by atoms with Crippen LogP contribution in [0.2, 0.25) is 0 Å². The first kappa shape index (κ1) is 23.4. The number of carbonyl (C=O) groups is 2. The van der Waals surface area contributed by atoms with Gasteiger partial charge in [-0.25, -0.2) is 9.97 Å². The van der Waals surface area contributed by atoms with E-state index in [0.717, 1.165) is 36.8 Å². The number of fused-ring (bicyclic) bond motifs is 1. The maximum Gasteiger partial charge on any atom is 0.228 e. The fourth-order valence-corrected chi connectivity index (χ4v) is 6.37. The smallest absolute Gasteiger partial charge is 0.228 e. The van der Waals surface area contributed by atoms with Crippen LogP contribution in [0.4, 0.5) is 17.3 Å². The highest BCUT2D eigenvalue weighted by Crippen LogP contribution is 2.42. The third kappa shape index (κ3) is 4.65. The number of anilines is 3. The molecule has 1 aliphatic heterocycles. The van der Waals surface area contributed by atoms with E-state index in [4.69, 9.17) is 9.84 Å². The van der Waals surface area contributed by atoms with Gasteiger partial charge in [0.2, 0.25) is 5.91 Å². The normalized spacial score (nSPS) is 16.6. The van der Waals surface area contributed by atoms with E-state index >= 15 is 0 Å². The van der Waals surface area contributed by atoms with Gasteiger partial charge < -0.3 is 15.4 Å².